The van der Waals surface area contributed by atoms with Crippen LogP contribution in [0.1, 0.15) is 0 Å². The van der Waals surface area contributed by atoms with Crippen molar-refractivity contribution in [1.29, 1.82) is 0 Å². The van der Waals surface area contributed by atoms with E-state index in [-0.39, 0.29) is 0 Å². The van der Waals surface area contributed by atoms with Crippen molar-refractivity contribution in [3.63, 3.8) is 0 Å². The normalized spacial score (nSPS) is 11.8. The van der Waals surface area contributed by atoms with Crippen LogP contribution in [0.15, 0.2) is 206 Å². The third-order valence-electron chi connectivity index (χ3n) is 11.7. The standard InChI is InChI=1S/C54H34N4/c1-3-13-35(14-4-1)37-23-25-39(26-24-37)41-33-47(40-29-27-38(28-30-40)36-15-5-2-6-16-36)55-51(34-41)58-49-22-12-10-19-44(49)45-31-32-50-52(53(45)58)56-54-46-20-8-7-17-42(46)43-18-9-11-21-48(43)57(50)54/h1-34H. The van der Waals surface area contributed by atoms with Gasteiger partial charge in [-0.25, -0.2) is 9.97 Å². The van der Waals surface area contributed by atoms with Gasteiger partial charge in [0.05, 0.1) is 27.8 Å². The first-order valence-corrected chi connectivity index (χ1v) is 19.7. The second-order valence-corrected chi connectivity index (χ2v) is 15.0. The van der Waals surface area contributed by atoms with Crippen LogP contribution >= 0.6 is 0 Å². The quantitative estimate of drug-likeness (QED) is 0.165. The number of benzene rings is 8. The number of para-hydroxylation sites is 2. The molecule has 0 aliphatic carbocycles. The second-order valence-electron chi connectivity index (χ2n) is 15.0. The minimum absolute atomic E-state index is 0.845. The van der Waals surface area contributed by atoms with Crippen molar-refractivity contribution in [1.82, 2.24) is 18.9 Å². The zero-order chi connectivity index (χ0) is 38.2. The van der Waals surface area contributed by atoms with E-state index in [4.69, 9.17) is 9.97 Å². The Morgan fingerprint density at radius 2 is 0.810 bits per heavy atom. The number of fused-ring (bicyclic) bond motifs is 12. The van der Waals surface area contributed by atoms with E-state index in [0.717, 1.165) is 72.2 Å². The monoisotopic (exact) mass is 738 g/mol. The van der Waals surface area contributed by atoms with Crippen LogP contribution in [-0.4, -0.2) is 18.9 Å². The lowest BCUT2D eigenvalue weighted by Gasteiger charge is -2.14. The summed E-state index contributed by atoms with van der Waals surface area (Å²) in [5.74, 6) is 0.845. The Kier molecular flexibility index (Phi) is 7.20. The van der Waals surface area contributed by atoms with Gasteiger partial charge in [0.15, 0.2) is 0 Å². The van der Waals surface area contributed by atoms with Crippen LogP contribution < -0.4 is 0 Å². The summed E-state index contributed by atoms with van der Waals surface area (Å²) in [7, 11) is 0. The molecule has 0 atom stereocenters. The Morgan fingerprint density at radius 3 is 1.47 bits per heavy atom. The Labute approximate surface area is 334 Å². The van der Waals surface area contributed by atoms with Crippen molar-refractivity contribution in [2.75, 3.05) is 0 Å². The summed E-state index contributed by atoms with van der Waals surface area (Å²) in [5, 5.41) is 5.86. The van der Waals surface area contributed by atoms with Gasteiger partial charge in [0.2, 0.25) is 0 Å². The minimum Gasteiger partial charge on any atom is -0.292 e. The van der Waals surface area contributed by atoms with E-state index < -0.39 is 0 Å². The summed E-state index contributed by atoms with van der Waals surface area (Å²) in [6, 6.07) is 73.7. The molecule has 0 N–H and O–H groups in total. The molecule has 4 aromatic heterocycles. The molecular weight excluding hydrogens is 705 g/mol. The molecule has 4 heteroatoms. The number of pyridine rings is 2. The average Bonchev–Trinajstić information content (AvgIpc) is 3.87. The molecule has 0 saturated heterocycles. The Hall–Kier alpha value is -7.82. The molecular formula is C54H34N4. The molecule has 4 heterocycles. The first kappa shape index (κ1) is 32.4. The number of aromatic nitrogens is 4. The molecule has 0 spiro atoms. The molecule has 0 bridgehead atoms. The topological polar surface area (TPSA) is 35.1 Å². The molecule has 0 aliphatic heterocycles. The largest absolute Gasteiger partial charge is 0.292 e. The smallest absolute Gasteiger partial charge is 0.146 e. The van der Waals surface area contributed by atoms with E-state index in [1.165, 1.54) is 38.4 Å². The minimum atomic E-state index is 0.845. The first-order valence-electron chi connectivity index (χ1n) is 19.7. The summed E-state index contributed by atoms with van der Waals surface area (Å²) >= 11 is 0. The molecule has 4 nitrogen and oxygen atoms in total. The van der Waals surface area contributed by atoms with Crippen molar-refractivity contribution in [3.8, 4) is 50.5 Å². The lowest BCUT2D eigenvalue weighted by molar-refractivity contribution is 1.09. The molecule has 0 unspecified atom stereocenters. The fraction of sp³-hybridized carbons (Fsp3) is 0. The molecule has 0 aliphatic rings. The highest BCUT2D eigenvalue weighted by Gasteiger charge is 2.22. The number of hydrogen-bond donors (Lipinski definition) is 0. The maximum absolute atomic E-state index is 5.56. The van der Waals surface area contributed by atoms with Gasteiger partial charge in [-0.05, 0) is 75.2 Å². The molecule has 12 aromatic rings. The van der Waals surface area contributed by atoms with Crippen LogP contribution in [0.5, 0.6) is 0 Å². The van der Waals surface area contributed by atoms with Crippen molar-refractivity contribution < 1.29 is 0 Å². The highest BCUT2D eigenvalue weighted by Crippen LogP contribution is 2.40. The lowest BCUT2D eigenvalue weighted by atomic mass is 9.98. The number of hydrogen-bond acceptors (Lipinski definition) is 2. The van der Waals surface area contributed by atoms with Crippen LogP contribution in [-0.2, 0) is 0 Å². The summed E-state index contributed by atoms with van der Waals surface area (Å²) < 4.78 is 4.68. The van der Waals surface area contributed by atoms with Gasteiger partial charge in [0.25, 0.3) is 0 Å². The molecule has 58 heavy (non-hydrogen) atoms. The predicted octanol–water partition coefficient (Wildman–Crippen LogP) is 14.0. The van der Waals surface area contributed by atoms with Gasteiger partial charge in [-0.3, -0.25) is 8.97 Å². The van der Waals surface area contributed by atoms with Crippen LogP contribution in [0.3, 0.4) is 0 Å². The summed E-state index contributed by atoms with van der Waals surface area (Å²) in [6.07, 6.45) is 0. The summed E-state index contributed by atoms with van der Waals surface area (Å²) in [4.78, 5) is 11.1. The van der Waals surface area contributed by atoms with Gasteiger partial charge in [0, 0.05) is 27.1 Å². The van der Waals surface area contributed by atoms with Crippen molar-refractivity contribution in [2.24, 2.45) is 0 Å². The first-order chi connectivity index (χ1) is 28.8. The molecule has 270 valence electrons. The van der Waals surface area contributed by atoms with E-state index in [2.05, 4.69) is 215 Å². The van der Waals surface area contributed by atoms with Gasteiger partial charge < -0.3 is 0 Å². The van der Waals surface area contributed by atoms with Gasteiger partial charge in [-0.2, -0.15) is 0 Å². The van der Waals surface area contributed by atoms with E-state index in [1.54, 1.807) is 0 Å². The number of nitrogens with zero attached hydrogens (tertiary/aromatic N) is 4. The third-order valence-corrected chi connectivity index (χ3v) is 11.7. The maximum atomic E-state index is 5.56. The lowest BCUT2D eigenvalue weighted by Crippen LogP contribution is -2.00. The Bertz CT molecular complexity index is 3420. The fourth-order valence-electron chi connectivity index (χ4n) is 8.96. The van der Waals surface area contributed by atoms with Crippen LogP contribution in [0.4, 0.5) is 0 Å². The summed E-state index contributed by atoms with van der Waals surface area (Å²) in [6.45, 7) is 0. The van der Waals surface area contributed by atoms with Gasteiger partial charge in [-0.15, -0.1) is 0 Å². The highest BCUT2D eigenvalue weighted by molar-refractivity contribution is 6.20. The zero-order valence-corrected chi connectivity index (χ0v) is 31.4. The van der Waals surface area contributed by atoms with Gasteiger partial charge in [0.1, 0.15) is 17.0 Å². The van der Waals surface area contributed by atoms with Crippen LogP contribution in [0.25, 0.3) is 111 Å². The van der Waals surface area contributed by atoms with E-state index in [0.29, 0.717) is 0 Å². The predicted molar refractivity (Wildman–Crippen MR) is 242 cm³/mol. The summed E-state index contributed by atoms with van der Waals surface area (Å²) in [5.41, 5.74) is 15.2. The van der Waals surface area contributed by atoms with Crippen molar-refractivity contribution in [3.05, 3.63) is 206 Å². The Balaban J connectivity index is 1.14. The van der Waals surface area contributed by atoms with Crippen LogP contribution in [0.2, 0.25) is 0 Å². The molecule has 8 aromatic carbocycles. The van der Waals surface area contributed by atoms with Crippen molar-refractivity contribution in [2.45, 2.75) is 0 Å². The van der Waals surface area contributed by atoms with E-state index in [1.807, 2.05) is 0 Å². The molecule has 0 fully saturated rings. The fourth-order valence-corrected chi connectivity index (χ4v) is 8.96. The maximum Gasteiger partial charge on any atom is 0.146 e. The van der Waals surface area contributed by atoms with E-state index >= 15 is 0 Å². The zero-order valence-electron chi connectivity index (χ0n) is 31.4. The molecule has 12 rings (SSSR count). The van der Waals surface area contributed by atoms with Gasteiger partial charge in [-0.1, -0.05) is 170 Å². The highest BCUT2D eigenvalue weighted by atomic mass is 15.1. The average molecular weight is 739 g/mol. The molecule has 0 amide bonds. The van der Waals surface area contributed by atoms with Crippen LogP contribution in [0, 0.1) is 0 Å². The van der Waals surface area contributed by atoms with E-state index in [9.17, 15) is 0 Å². The van der Waals surface area contributed by atoms with Gasteiger partial charge >= 0.3 is 0 Å². The number of imidazole rings is 1. The SMILES string of the molecule is c1ccc(-c2ccc(-c3cc(-c4ccc(-c5ccccc5)cc4)nc(-n4c5ccccc5c5ccc6c(nc7c8ccccc8c8ccccc8n67)c54)c3)cc2)cc1. The molecule has 0 radical (unpaired) electrons. The molecule has 0 saturated carbocycles. The number of rotatable bonds is 5. The van der Waals surface area contributed by atoms with Crippen molar-refractivity contribution >= 4 is 60.2 Å². The Morgan fingerprint density at radius 1 is 0.310 bits per heavy atom. The third kappa shape index (κ3) is 5.02. The second kappa shape index (κ2) is 12.9.